The van der Waals surface area contributed by atoms with E-state index in [0.29, 0.717) is 17.9 Å². The summed E-state index contributed by atoms with van der Waals surface area (Å²) in [5, 5.41) is 0.841. The summed E-state index contributed by atoms with van der Waals surface area (Å²) < 4.78 is 21.8. The van der Waals surface area contributed by atoms with E-state index in [0.717, 1.165) is 80.2 Å². The highest BCUT2D eigenvalue weighted by Crippen LogP contribution is 2.36. The zero-order valence-corrected chi connectivity index (χ0v) is 18.5. The van der Waals surface area contributed by atoms with Crippen LogP contribution in [0.2, 0.25) is 0 Å². The van der Waals surface area contributed by atoms with Crippen LogP contribution in [0, 0.1) is 13.8 Å². The molecule has 168 valence electrons. The Bertz CT molecular complexity index is 1030. The van der Waals surface area contributed by atoms with Gasteiger partial charge in [0.05, 0.1) is 32.3 Å². The Labute approximate surface area is 181 Å². The first kappa shape index (κ1) is 21.8. The van der Waals surface area contributed by atoms with Gasteiger partial charge in [-0.3, -0.25) is 14.6 Å². The monoisotopic (exact) mass is 430 g/mol. The number of benzene rings is 1. The van der Waals surface area contributed by atoms with Crippen molar-refractivity contribution in [3.8, 4) is 5.75 Å². The highest BCUT2D eigenvalue weighted by atomic mass is 16.5. The summed E-state index contributed by atoms with van der Waals surface area (Å²) in [5.74, 6) is 0.333. The van der Waals surface area contributed by atoms with E-state index in [-0.39, 0.29) is 6.42 Å². The lowest BCUT2D eigenvalue weighted by molar-refractivity contribution is -0.139. The molecule has 0 spiro atoms. The maximum atomic E-state index is 12.5. The highest BCUT2D eigenvalue weighted by molar-refractivity contribution is 5.88. The van der Waals surface area contributed by atoms with Crippen LogP contribution in [0.15, 0.2) is 15.3 Å². The van der Waals surface area contributed by atoms with Crippen molar-refractivity contribution in [1.82, 2.24) is 9.80 Å². The Balaban J connectivity index is 1.54. The number of fused-ring (bicyclic) bond motifs is 2. The van der Waals surface area contributed by atoms with Crippen molar-refractivity contribution in [3.63, 3.8) is 0 Å². The number of methoxy groups -OCH3 is 1. The van der Waals surface area contributed by atoms with Crippen LogP contribution in [-0.4, -0.2) is 69.0 Å². The number of hydrogen-bond donors (Lipinski definition) is 0. The van der Waals surface area contributed by atoms with Gasteiger partial charge < -0.3 is 18.6 Å². The number of carbonyl (C=O) groups is 1. The van der Waals surface area contributed by atoms with Gasteiger partial charge in [-0.2, -0.15) is 0 Å². The van der Waals surface area contributed by atoms with E-state index in [9.17, 15) is 9.59 Å². The van der Waals surface area contributed by atoms with E-state index in [1.807, 2.05) is 19.9 Å². The highest BCUT2D eigenvalue weighted by Gasteiger charge is 2.24. The predicted molar refractivity (Wildman–Crippen MR) is 115 cm³/mol. The molecule has 1 fully saturated rings. The van der Waals surface area contributed by atoms with Crippen molar-refractivity contribution < 1.29 is 23.4 Å². The molecule has 31 heavy (non-hydrogen) atoms. The van der Waals surface area contributed by atoms with E-state index in [4.69, 9.17) is 18.6 Å². The molecule has 2 aliphatic heterocycles. The average Bonchev–Trinajstić information content (AvgIpc) is 2.78. The molecular formula is C23H30N2O6. The summed E-state index contributed by atoms with van der Waals surface area (Å²) >= 11 is 0. The Morgan fingerprint density at radius 1 is 1.13 bits per heavy atom. The summed E-state index contributed by atoms with van der Waals surface area (Å²) in [7, 11) is 1.31. The lowest BCUT2D eigenvalue weighted by Gasteiger charge is -2.32. The van der Waals surface area contributed by atoms with Crippen LogP contribution in [0.5, 0.6) is 5.75 Å². The molecule has 0 saturated carbocycles. The van der Waals surface area contributed by atoms with Gasteiger partial charge in [0.1, 0.15) is 18.1 Å². The summed E-state index contributed by atoms with van der Waals surface area (Å²) in [6, 6.07) is 2.03. The molecule has 1 aromatic carbocycles. The largest absolute Gasteiger partial charge is 0.477 e. The van der Waals surface area contributed by atoms with E-state index in [2.05, 4.69) is 9.80 Å². The van der Waals surface area contributed by atoms with Gasteiger partial charge in [0.25, 0.3) is 0 Å². The smallest absolute Gasteiger partial charge is 0.340 e. The van der Waals surface area contributed by atoms with Crippen LogP contribution in [0.4, 0.5) is 0 Å². The third-order valence-electron chi connectivity index (χ3n) is 6.22. The molecule has 0 radical (unpaired) electrons. The second-order valence-electron chi connectivity index (χ2n) is 8.25. The number of hydrogen-bond acceptors (Lipinski definition) is 8. The Hall–Kier alpha value is -2.42. The standard InChI is InChI=1S/C23H30N2O6/c1-15-18-11-17-13-25(6-4-5-24-7-9-29-10-8-24)14-30-21(17)16(2)22(18)31-23(27)19(15)12-20(26)28-3/h11H,4-10,12-14H2,1-3H3. The second kappa shape index (κ2) is 9.38. The Morgan fingerprint density at radius 2 is 1.87 bits per heavy atom. The zero-order valence-electron chi connectivity index (χ0n) is 18.5. The predicted octanol–water partition coefficient (Wildman–Crippen LogP) is 2.00. The molecule has 1 aromatic heterocycles. The lowest BCUT2D eigenvalue weighted by Crippen LogP contribution is -2.39. The van der Waals surface area contributed by atoms with Crippen molar-refractivity contribution in [3.05, 3.63) is 38.7 Å². The number of ether oxygens (including phenoxy) is 3. The molecule has 8 nitrogen and oxygen atoms in total. The minimum absolute atomic E-state index is 0.0963. The van der Waals surface area contributed by atoms with Crippen LogP contribution in [0.25, 0.3) is 11.0 Å². The van der Waals surface area contributed by atoms with Gasteiger partial charge >= 0.3 is 11.6 Å². The van der Waals surface area contributed by atoms with Crippen LogP contribution < -0.4 is 10.4 Å². The fourth-order valence-electron chi connectivity index (χ4n) is 4.40. The number of rotatable bonds is 6. The van der Waals surface area contributed by atoms with E-state index < -0.39 is 11.6 Å². The fourth-order valence-corrected chi connectivity index (χ4v) is 4.40. The number of aryl methyl sites for hydroxylation is 2. The molecule has 3 heterocycles. The van der Waals surface area contributed by atoms with Gasteiger partial charge in [0.2, 0.25) is 0 Å². The average molecular weight is 431 g/mol. The molecule has 0 unspecified atom stereocenters. The zero-order chi connectivity index (χ0) is 22.0. The van der Waals surface area contributed by atoms with E-state index in [1.165, 1.54) is 7.11 Å². The van der Waals surface area contributed by atoms with Crippen molar-refractivity contribution >= 4 is 16.9 Å². The molecule has 4 rings (SSSR count). The molecule has 1 saturated heterocycles. The minimum Gasteiger partial charge on any atom is -0.477 e. The quantitative estimate of drug-likeness (QED) is 0.509. The molecule has 0 aliphatic carbocycles. The normalized spacial score (nSPS) is 17.4. The van der Waals surface area contributed by atoms with Crippen LogP contribution in [0.3, 0.4) is 0 Å². The van der Waals surface area contributed by atoms with Gasteiger partial charge in [-0.05, 0) is 38.4 Å². The first-order valence-electron chi connectivity index (χ1n) is 10.8. The Kier molecular flexibility index (Phi) is 6.60. The summed E-state index contributed by atoms with van der Waals surface area (Å²) in [6.07, 6.45) is 0.976. The summed E-state index contributed by atoms with van der Waals surface area (Å²) in [4.78, 5) is 29.0. The van der Waals surface area contributed by atoms with Gasteiger partial charge in [-0.1, -0.05) is 0 Å². The lowest BCUT2D eigenvalue weighted by atomic mass is 9.98. The molecule has 2 aliphatic rings. The third kappa shape index (κ3) is 4.61. The molecule has 0 atom stereocenters. The molecule has 2 aromatic rings. The van der Waals surface area contributed by atoms with Gasteiger partial charge in [0, 0.05) is 42.7 Å². The van der Waals surface area contributed by atoms with Crippen molar-refractivity contribution in [2.75, 3.05) is 53.2 Å². The van der Waals surface area contributed by atoms with Crippen LogP contribution in [0.1, 0.15) is 28.7 Å². The van der Waals surface area contributed by atoms with Crippen molar-refractivity contribution in [2.45, 2.75) is 33.2 Å². The number of esters is 1. The summed E-state index contributed by atoms with van der Waals surface area (Å²) in [5.41, 5.74) is 3.02. The fraction of sp³-hybridized carbons (Fsp3) is 0.565. The maximum absolute atomic E-state index is 12.5. The molecule has 8 heteroatoms. The van der Waals surface area contributed by atoms with Crippen LogP contribution >= 0.6 is 0 Å². The third-order valence-corrected chi connectivity index (χ3v) is 6.22. The van der Waals surface area contributed by atoms with Crippen LogP contribution in [-0.2, 0) is 27.2 Å². The van der Waals surface area contributed by atoms with E-state index in [1.54, 1.807) is 0 Å². The number of morpholine rings is 1. The first-order chi connectivity index (χ1) is 15.0. The van der Waals surface area contributed by atoms with Crippen molar-refractivity contribution in [1.29, 1.82) is 0 Å². The van der Waals surface area contributed by atoms with Crippen molar-refractivity contribution in [2.24, 2.45) is 0 Å². The SMILES string of the molecule is COC(=O)Cc1c(C)c2cc3c(c(C)c2oc1=O)OCN(CCCN1CCOCC1)C3. The first-order valence-corrected chi connectivity index (χ1v) is 10.8. The van der Waals surface area contributed by atoms with Gasteiger partial charge in [-0.15, -0.1) is 0 Å². The van der Waals surface area contributed by atoms with Gasteiger partial charge in [0.15, 0.2) is 0 Å². The molecular weight excluding hydrogens is 400 g/mol. The number of carbonyl (C=O) groups excluding carboxylic acids is 1. The van der Waals surface area contributed by atoms with E-state index >= 15 is 0 Å². The number of nitrogens with zero attached hydrogens (tertiary/aromatic N) is 2. The molecule has 0 amide bonds. The topological polar surface area (TPSA) is 81.4 Å². The second-order valence-corrected chi connectivity index (χ2v) is 8.25. The molecule has 0 N–H and O–H groups in total. The maximum Gasteiger partial charge on any atom is 0.340 e. The minimum atomic E-state index is -0.501. The summed E-state index contributed by atoms with van der Waals surface area (Å²) in [6.45, 7) is 10.7. The van der Waals surface area contributed by atoms with Gasteiger partial charge in [-0.25, -0.2) is 4.79 Å². The Morgan fingerprint density at radius 3 is 2.61 bits per heavy atom. The molecule has 0 bridgehead atoms.